The van der Waals surface area contributed by atoms with Crippen molar-refractivity contribution in [2.75, 3.05) is 0 Å². The van der Waals surface area contributed by atoms with E-state index in [1.165, 1.54) is 0 Å². The predicted octanol–water partition coefficient (Wildman–Crippen LogP) is 0.155. The molecule has 3 heteroatoms. The second-order valence-corrected chi connectivity index (χ2v) is 2.48. The van der Waals surface area contributed by atoms with Crippen molar-refractivity contribution in [2.24, 2.45) is 0 Å². The first kappa shape index (κ1) is 7.25. The molecule has 1 heterocycles. The third-order valence-corrected chi connectivity index (χ3v) is 1.62. The molecule has 1 amide bonds. The zero-order valence-corrected chi connectivity index (χ0v) is 5.72. The van der Waals surface area contributed by atoms with Gasteiger partial charge < -0.3 is 5.32 Å². The molecule has 0 aromatic rings. The fraction of sp³-hybridized carbons (Fsp3) is 0.714. The van der Waals surface area contributed by atoms with Crippen molar-refractivity contribution in [3.8, 4) is 0 Å². The van der Waals surface area contributed by atoms with Gasteiger partial charge in [0.05, 0.1) is 6.04 Å². The molecule has 0 aliphatic carbocycles. The number of hydrogen-bond donors (Lipinski definition) is 1. The van der Waals surface area contributed by atoms with Crippen molar-refractivity contribution < 1.29 is 9.59 Å². The van der Waals surface area contributed by atoms with E-state index < -0.39 is 0 Å². The Morgan fingerprint density at radius 2 is 2.30 bits per heavy atom. The van der Waals surface area contributed by atoms with Crippen molar-refractivity contribution in [1.82, 2.24) is 5.32 Å². The molecule has 10 heavy (non-hydrogen) atoms. The SMILES string of the molecule is O=[C]C1CCCCC(=O)N1. The zero-order chi connectivity index (χ0) is 7.40. The van der Waals surface area contributed by atoms with Gasteiger partial charge in [-0.15, -0.1) is 0 Å². The Balaban J connectivity index is 2.45. The maximum Gasteiger partial charge on any atom is 0.222 e. The van der Waals surface area contributed by atoms with Crippen molar-refractivity contribution in [1.29, 1.82) is 0 Å². The highest BCUT2D eigenvalue weighted by atomic mass is 16.2. The van der Waals surface area contributed by atoms with E-state index in [1.54, 1.807) is 6.29 Å². The van der Waals surface area contributed by atoms with Crippen LogP contribution in [0.4, 0.5) is 0 Å². The molecule has 1 rings (SSSR count). The average molecular weight is 140 g/mol. The maximum atomic E-state index is 10.8. The predicted molar refractivity (Wildman–Crippen MR) is 36.1 cm³/mol. The monoisotopic (exact) mass is 140 g/mol. The molecule has 1 aliphatic rings. The number of hydrogen-bond acceptors (Lipinski definition) is 2. The number of rotatable bonds is 1. The lowest BCUT2D eigenvalue weighted by Gasteiger charge is -2.04. The van der Waals surface area contributed by atoms with Crippen LogP contribution in [-0.2, 0) is 9.59 Å². The Hall–Kier alpha value is -0.860. The lowest BCUT2D eigenvalue weighted by Crippen LogP contribution is -2.33. The van der Waals surface area contributed by atoms with Crippen LogP contribution in [0, 0.1) is 0 Å². The molecule has 3 nitrogen and oxygen atoms in total. The van der Waals surface area contributed by atoms with Crippen LogP contribution in [0.3, 0.4) is 0 Å². The van der Waals surface area contributed by atoms with E-state index in [1.807, 2.05) is 0 Å². The van der Waals surface area contributed by atoms with Crippen LogP contribution in [0.5, 0.6) is 0 Å². The summed E-state index contributed by atoms with van der Waals surface area (Å²) < 4.78 is 0. The van der Waals surface area contributed by atoms with Crippen LogP contribution >= 0.6 is 0 Å². The van der Waals surface area contributed by atoms with E-state index in [0.717, 1.165) is 19.3 Å². The quantitative estimate of drug-likeness (QED) is 0.563. The fourth-order valence-electron chi connectivity index (χ4n) is 1.06. The van der Waals surface area contributed by atoms with E-state index in [0.29, 0.717) is 6.42 Å². The standard InChI is InChI=1S/C7H10NO2/c9-5-6-3-1-2-4-7(10)8-6/h6H,1-4H2,(H,8,10). The van der Waals surface area contributed by atoms with Crippen LogP contribution in [0.25, 0.3) is 0 Å². The van der Waals surface area contributed by atoms with Crippen LogP contribution in [-0.4, -0.2) is 18.2 Å². The van der Waals surface area contributed by atoms with Crippen LogP contribution < -0.4 is 5.32 Å². The number of carbonyl (C=O) groups is 1. The van der Waals surface area contributed by atoms with Gasteiger partial charge in [0.15, 0.2) is 0 Å². The van der Waals surface area contributed by atoms with E-state index in [9.17, 15) is 9.59 Å². The molecule has 1 aliphatic heterocycles. The minimum absolute atomic E-state index is 0.0224. The molecular formula is C7H10NO2. The highest BCUT2D eigenvalue weighted by Gasteiger charge is 2.15. The van der Waals surface area contributed by atoms with Gasteiger partial charge in [-0.25, -0.2) is 0 Å². The summed E-state index contributed by atoms with van der Waals surface area (Å²) in [6.45, 7) is 0. The van der Waals surface area contributed by atoms with Crippen LogP contribution in [0.15, 0.2) is 0 Å². The first-order valence-electron chi connectivity index (χ1n) is 3.50. The average Bonchev–Trinajstić information content (AvgIpc) is 2.13. The number of carbonyl (C=O) groups excluding carboxylic acids is 2. The molecule has 1 unspecified atom stereocenters. The Labute approximate surface area is 59.8 Å². The summed E-state index contributed by atoms with van der Waals surface area (Å²) in [7, 11) is 0. The van der Waals surface area contributed by atoms with Gasteiger partial charge >= 0.3 is 0 Å². The molecule has 0 aromatic heterocycles. The molecule has 0 aromatic carbocycles. The second kappa shape index (κ2) is 3.34. The Morgan fingerprint density at radius 3 is 3.00 bits per heavy atom. The van der Waals surface area contributed by atoms with Gasteiger partial charge in [0.1, 0.15) is 0 Å². The molecule has 1 N–H and O–H groups in total. The minimum atomic E-state index is -0.352. The molecule has 0 spiro atoms. The first-order chi connectivity index (χ1) is 4.83. The Morgan fingerprint density at radius 1 is 1.50 bits per heavy atom. The van der Waals surface area contributed by atoms with E-state index in [4.69, 9.17) is 0 Å². The molecule has 1 radical (unpaired) electrons. The van der Waals surface area contributed by atoms with E-state index in [2.05, 4.69) is 5.32 Å². The molecule has 1 saturated heterocycles. The summed E-state index contributed by atoms with van der Waals surface area (Å²) in [5.74, 6) is -0.0224. The molecule has 0 saturated carbocycles. The van der Waals surface area contributed by atoms with Crippen molar-refractivity contribution in [3.05, 3.63) is 0 Å². The summed E-state index contributed by atoms with van der Waals surface area (Å²) in [6.07, 6.45) is 4.93. The number of amides is 1. The molecule has 0 bridgehead atoms. The number of nitrogens with one attached hydrogen (secondary N) is 1. The van der Waals surface area contributed by atoms with Gasteiger partial charge in [0.2, 0.25) is 12.2 Å². The molecule has 55 valence electrons. The van der Waals surface area contributed by atoms with Crippen LogP contribution in [0.2, 0.25) is 0 Å². The fourth-order valence-corrected chi connectivity index (χ4v) is 1.06. The van der Waals surface area contributed by atoms with Gasteiger partial charge in [-0.05, 0) is 12.8 Å². The minimum Gasteiger partial charge on any atom is -0.346 e. The van der Waals surface area contributed by atoms with Crippen LogP contribution in [0.1, 0.15) is 25.7 Å². The van der Waals surface area contributed by atoms with E-state index in [-0.39, 0.29) is 11.9 Å². The van der Waals surface area contributed by atoms with E-state index >= 15 is 0 Å². The maximum absolute atomic E-state index is 10.8. The van der Waals surface area contributed by atoms with Gasteiger partial charge in [-0.3, -0.25) is 9.59 Å². The summed E-state index contributed by atoms with van der Waals surface area (Å²) in [4.78, 5) is 20.9. The lowest BCUT2D eigenvalue weighted by molar-refractivity contribution is -0.121. The molecule has 1 fully saturated rings. The summed E-state index contributed by atoms with van der Waals surface area (Å²) in [5, 5.41) is 2.57. The molecular weight excluding hydrogens is 130 g/mol. The Bertz CT molecular complexity index is 145. The first-order valence-corrected chi connectivity index (χ1v) is 3.50. The Kier molecular flexibility index (Phi) is 2.42. The lowest BCUT2D eigenvalue weighted by atomic mass is 10.1. The smallest absolute Gasteiger partial charge is 0.222 e. The summed E-state index contributed by atoms with van der Waals surface area (Å²) >= 11 is 0. The summed E-state index contributed by atoms with van der Waals surface area (Å²) in [5.41, 5.74) is 0. The second-order valence-electron chi connectivity index (χ2n) is 2.48. The topological polar surface area (TPSA) is 46.2 Å². The highest BCUT2D eigenvalue weighted by Crippen LogP contribution is 2.07. The molecule has 1 atom stereocenters. The third-order valence-electron chi connectivity index (χ3n) is 1.62. The van der Waals surface area contributed by atoms with Gasteiger partial charge in [0.25, 0.3) is 0 Å². The third kappa shape index (κ3) is 1.83. The van der Waals surface area contributed by atoms with Gasteiger partial charge in [-0.2, -0.15) is 0 Å². The van der Waals surface area contributed by atoms with Gasteiger partial charge in [-0.1, -0.05) is 6.42 Å². The van der Waals surface area contributed by atoms with Crippen molar-refractivity contribution in [3.63, 3.8) is 0 Å². The highest BCUT2D eigenvalue weighted by molar-refractivity contribution is 5.80. The zero-order valence-electron chi connectivity index (χ0n) is 5.72. The normalized spacial score (nSPS) is 26.8. The summed E-state index contributed by atoms with van der Waals surface area (Å²) in [6, 6.07) is -0.352. The van der Waals surface area contributed by atoms with Crippen molar-refractivity contribution >= 4 is 12.2 Å². The van der Waals surface area contributed by atoms with Crippen molar-refractivity contribution in [2.45, 2.75) is 31.7 Å². The largest absolute Gasteiger partial charge is 0.346 e. The van der Waals surface area contributed by atoms with Gasteiger partial charge in [0, 0.05) is 6.42 Å².